The van der Waals surface area contributed by atoms with Crippen LogP contribution in [0.5, 0.6) is 0 Å². The Labute approximate surface area is 151 Å². The minimum Gasteiger partial charge on any atom is -0.394 e. The van der Waals surface area contributed by atoms with Gasteiger partial charge in [-0.1, -0.05) is 36.4 Å². The largest absolute Gasteiger partial charge is 0.394 e. The van der Waals surface area contributed by atoms with Gasteiger partial charge >= 0.3 is 0 Å². The Bertz CT molecular complexity index is 710. The average molecular weight is 358 g/mol. The van der Waals surface area contributed by atoms with Crippen molar-refractivity contribution in [1.82, 2.24) is 0 Å². The lowest BCUT2D eigenvalue weighted by molar-refractivity contribution is -0.0548. The van der Waals surface area contributed by atoms with Gasteiger partial charge < -0.3 is 20.4 Å². The second kappa shape index (κ2) is 10.3. The van der Waals surface area contributed by atoms with E-state index in [1.165, 1.54) is 6.21 Å². The minimum absolute atomic E-state index is 0.0303. The fraction of sp³-hybridized carbons (Fsp3) is 0.222. The molecule has 8 heteroatoms. The number of aliphatic hydroxyl groups is 4. The molecule has 0 heterocycles. The van der Waals surface area contributed by atoms with Gasteiger partial charge in [-0.2, -0.15) is 10.2 Å². The van der Waals surface area contributed by atoms with Crippen LogP contribution in [0.3, 0.4) is 0 Å². The van der Waals surface area contributed by atoms with Crippen molar-refractivity contribution in [2.24, 2.45) is 10.2 Å². The fourth-order valence-corrected chi connectivity index (χ4v) is 1.99. The maximum absolute atomic E-state index is 10.2. The number of hydrogen-bond donors (Lipinski definition) is 6. The van der Waals surface area contributed by atoms with E-state index in [-0.39, 0.29) is 5.71 Å². The van der Waals surface area contributed by atoms with Gasteiger partial charge in [-0.05, 0) is 24.3 Å². The molecule has 0 bridgehead atoms. The zero-order valence-electron chi connectivity index (χ0n) is 14.0. The van der Waals surface area contributed by atoms with Crippen molar-refractivity contribution in [2.45, 2.75) is 18.3 Å². The van der Waals surface area contributed by atoms with Crippen LogP contribution in [0.2, 0.25) is 0 Å². The number of hydrazone groups is 2. The number of hydrogen-bond acceptors (Lipinski definition) is 8. The first kappa shape index (κ1) is 19.5. The molecule has 0 unspecified atom stereocenters. The number of nitrogens with one attached hydrogen (secondary N) is 2. The van der Waals surface area contributed by atoms with Crippen LogP contribution in [0.25, 0.3) is 0 Å². The summed E-state index contributed by atoms with van der Waals surface area (Å²) in [5.41, 5.74) is 6.87. The van der Waals surface area contributed by atoms with Crippen molar-refractivity contribution in [3.05, 3.63) is 60.7 Å². The maximum atomic E-state index is 10.2. The lowest BCUT2D eigenvalue weighted by Crippen LogP contribution is -2.44. The summed E-state index contributed by atoms with van der Waals surface area (Å²) in [6, 6.07) is 18.1. The van der Waals surface area contributed by atoms with Gasteiger partial charge in [0.15, 0.2) is 0 Å². The van der Waals surface area contributed by atoms with Crippen molar-refractivity contribution in [2.75, 3.05) is 17.5 Å². The highest BCUT2D eigenvalue weighted by Gasteiger charge is 2.27. The van der Waals surface area contributed by atoms with Crippen molar-refractivity contribution in [3.8, 4) is 0 Å². The van der Waals surface area contributed by atoms with Crippen molar-refractivity contribution in [3.63, 3.8) is 0 Å². The maximum Gasteiger partial charge on any atom is 0.128 e. The predicted molar refractivity (Wildman–Crippen MR) is 101 cm³/mol. The van der Waals surface area contributed by atoms with Gasteiger partial charge in [-0.15, -0.1) is 0 Å². The van der Waals surface area contributed by atoms with Crippen molar-refractivity contribution >= 4 is 23.3 Å². The molecule has 8 nitrogen and oxygen atoms in total. The van der Waals surface area contributed by atoms with E-state index in [1.807, 2.05) is 36.4 Å². The Morgan fingerprint density at radius 1 is 0.885 bits per heavy atom. The summed E-state index contributed by atoms with van der Waals surface area (Å²) >= 11 is 0. The van der Waals surface area contributed by atoms with E-state index in [2.05, 4.69) is 21.1 Å². The molecule has 2 rings (SSSR count). The molecule has 2 aromatic carbocycles. The molecule has 0 amide bonds. The Hall–Kier alpha value is -2.78. The molecule has 0 radical (unpaired) electrons. The first-order chi connectivity index (χ1) is 12.6. The van der Waals surface area contributed by atoms with Gasteiger partial charge in [-0.25, -0.2) is 0 Å². The number of benzene rings is 2. The summed E-state index contributed by atoms with van der Waals surface area (Å²) in [4.78, 5) is 0. The van der Waals surface area contributed by atoms with Gasteiger partial charge in [0.25, 0.3) is 0 Å². The molecule has 6 N–H and O–H groups in total. The Morgan fingerprint density at radius 3 is 1.96 bits per heavy atom. The van der Waals surface area contributed by atoms with Gasteiger partial charge in [0.2, 0.25) is 0 Å². The predicted octanol–water partition coefficient (Wildman–Crippen LogP) is 0.627. The second-order valence-electron chi connectivity index (χ2n) is 5.44. The highest BCUT2D eigenvalue weighted by Crippen LogP contribution is 2.08. The summed E-state index contributed by atoms with van der Waals surface area (Å²) in [7, 11) is 0. The van der Waals surface area contributed by atoms with E-state index in [9.17, 15) is 15.3 Å². The molecule has 26 heavy (non-hydrogen) atoms. The van der Waals surface area contributed by atoms with E-state index in [4.69, 9.17) is 5.11 Å². The van der Waals surface area contributed by atoms with Crippen LogP contribution >= 0.6 is 0 Å². The zero-order chi connectivity index (χ0) is 18.8. The molecule has 0 aliphatic heterocycles. The molecule has 0 aliphatic carbocycles. The smallest absolute Gasteiger partial charge is 0.128 e. The van der Waals surface area contributed by atoms with Gasteiger partial charge in [0, 0.05) is 0 Å². The SMILES string of the molecule is OC[C@H](O)[C@@H](O)[C@@H](O)C(/C=N\Nc1ccccc1)=N/Nc1ccccc1. The number of aliphatic hydroxyl groups excluding tert-OH is 4. The fourth-order valence-electron chi connectivity index (χ4n) is 1.99. The minimum atomic E-state index is -1.63. The third-order valence-corrected chi connectivity index (χ3v) is 3.46. The molecule has 0 fully saturated rings. The number of rotatable bonds is 9. The molecule has 0 aliphatic rings. The Kier molecular flexibility index (Phi) is 7.72. The lowest BCUT2D eigenvalue weighted by atomic mass is 10.0. The third-order valence-electron chi connectivity index (χ3n) is 3.46. The Morgan fingerprint density at radius 2 is 1.42 bits per heavy atom. The summed E-state index contributed by atoms with van der Waals surface area (Å²) in [6.45, 7) is -0.697. The van der Waals surface area contributed by atoms with Crippen molar-refractivity contribution in [1.29, 1.82) is 0 Å². The van der Waals surface area contributed by atoms with E-state index >= 15 is 0 Å². The van der Waals surface area contributed by atoms with Crippen LogP contribution < -0.4 is 10.9 Å². The Balaban J connectivity index is 2.14. The third kappa shape index (κ3) is 5.94. The summed E-state index contributed by atoms with van der Waals surface area (Å²) < 4.78 is 0. The molecule has 138 valence electrons. The highest BCUT2D eigenvalue weighted by molar-refractivity contribution is 6.33. The monoisotopic (exact) mass is 358 g/mol. The molecule has 0 spiro atoms. The van der Waals surface area contributed by atoms with Crippen molar-refractivity contribution < 1.29 is 20.4 Å². The van der Waals surface area contributed by atoms with E-state index in [0.717, 1.165) is 5.69 Å². The zero-order valence-corrected chi connectivity index (χ0v) is 14.0. The van der Waals surface area contributed by atoms with E-state index in [1.54, 1.807) is 24.3 Å². The standard InChI is InChI=1S/C18H22N4O4/c23-12-16(24)18(26)17(25)15(22-21-14-9-5-2-6-10-14)11-19-20-13-7-3-1-4-8-13/h1-11,16-18,20-21,23-26H,12H2/b19-11-,22-15+/t16-,17-,18+/m0/s1. The first-order valence-electron chi connectivity index (χ1n) is 7.99. The molecule has 3 atom stereocenters. The summed E-state index contributed by atoms with van der Waals surface area (Å²) in [5, 5.41) is 46.7. The van der Waals surface area contributed by atoms with E-state index in [0.29, 0.717) is 5.69 Å². The van der Waals surface area contributed by atoms with Crippen LogP contribution in [-0.4, -0.2) is 57.3 Å². The lowest BCUT2D eigenvalue weighted by Gasteiger charge is -2.21. The van der Waals surface area contributed by atoms with E-state index < -0.39 is 24.9 Å². The molecule has 0 aromatic heterocycles. The van der Waals surface area contributed by atoms with Crippen LogP contribution in [-0.2, 0) is 0 Å². The highest BCUT2D eigenvalue weighted by atomic mass is 16.4. The van der Waals surface area contributed by atoms with Gasteiger partial charge in [0.1, 0.15) is 24.0 Å². The number of nitrogens with zero attached hydrogens (tertiary/aromatic N) is 2. The molecule has 2 aromatic rings. The topological polar surface area (TPSA) is 130 Å². The van der Waals surface area contributed by atoms with Gasteiger partial charge in [-0.3, -0.25) is 10.9 Å². The summed E-state index contributed by atoms with van der Waals surface area (Å²) in [5.74, 6) is 0. The van der Waals surface area contributed by atoms with Crippen LogP contribution in [0.1, 0.15) is 0 Å². The average Bonchev–Trinajstić information content (AvgIpc) is 2.70. The van der Waals surface area contributed by atoms with Gasteiger partial charge in [0.05, 0.1) is 24.2 Å². The molecular weight excluding hydrogens is 336 g/mol. The number of anilines is 2. The quantitative estimate of drug-likeness (QED) is 0.288. The van der Waals surface area contributed by atoms with Crippen LogP contribution in [0.4, 0.5) is 11.4 Å². The van der Waals surface area contributed by atoms with Crippen LogP contribution in [0.15, 0.2) is 70.9 Å². The summed E-state index contributed by atoms with van der Waals surface area (Å²) in [6.07, 6.45) is -3.47. The molecule has 0 saturated carbocycles. The number of para-hydroxylation sites is 2. The first-order valence-corrected chi connectivity index (χ1v) is 7.99. The molecular formula is C18H22N4O4. The van der Waals surface area contributed by atoms with Crippen LogP contribution in [0, 0.1) is 0 Å². The molecule has 0 saturated heterocycles. The normalized spacial score (nSPS) is 15.5. The second-order valence-corrected chi connectivity index (χ2v) is 5.44.